The number of hydrogen-bond acceptors (Lipinski definition) is 6. The van der Waals surface area contributed by atoms with Crippen LogP contribution in [0.1, 0.15) is 39.2 Å². The average Bonchev–Trinajstić information content (AvgIpc) is 3.58. The van der Waals surface area contributed by atoms with Crippen molar-refractivity contribution in [3.05, 3.63) is 97.7 Å². The molecule has 9 heteroatoms. The summed E-state index contributed by atoms with van der Waals surface area (Å²) in [6.45, 7) is 5.83. The van der Waals surface area contributed by atoms with Crippen molar-refractivity contribution in [1.29, 1.82) is 0 Å². The Morgan fingerprint density at radius 1 is 1.00 bits per heavy atom. The van der Waals surface area contributed by atoms with E-state index >= 15 is 0 Å². The number of amides is 2. The van der Waals surface area contributed by atoms with Gasteiger partial charge in [-0.1, -0.05) is 36.4 Å². The minimum Gasteiger partial charge on any atom is -0.332 e. The van der Waals surface area contributed by atoms with Gasteiger partial charge < -0.3 is 14.7 Å². The van der Waals surface area contributed by atoms with Gasteiger partial charge in [-0.05, 0) is 61.5 Å². The highest BCUT2D eigenvalue weighted by Gasteiger charge is 2.25. The van der Waals surface area contributed by atoms with E-state index < -0.39 is 4.92 Å². The first-order valence-corrected chi connectivity index (χ1v) is 13.4. The van der Waals surface area contributed by atoms with E-state index in [2.05, 4.69) is 4.90 Å². The van der Waals surface area contributed by atoms with Crippen molar-refractivity contribution >= 4 is 28.8 Å². The summed E-state index contributed by atoms with van der Waals surface area (Å²) in [6.07, 6.45) is 2.26. The van der Waals surface area contributed by atoms with Crippen LogP contribution in [0.2, 0.25) is 0 Å². The largest absolute Gasteiger partial charge is 0.332 e. The fourth-order valence-electron chi connectivity index (χ4n) is 4.49. The van der Waals surface area contributed by atoms with Crippen molar-refractivity contribution < 1.29 is 14.5 Å². The number of hydrogen-bond donors (Lipinski definition) is 0. The molecule has 0 N–H and O–H groups in total. The topological polar surface area (TPSA) is 87.0 Å². The second kappa shape index (κ2) is 12.6. The molecule has 2 heterocycles. The normalized spacial score (nSPS) is 13.4. The van der Waals surface area contributed by atoms with Crippen LogP contribution in [0.4, 0.5) is 5.69 Å². The summed E-state index contributed by atoms with van der Waals surface area (Å²) < 4.78 is 0. The Morgan fingerprint density at radius 2 is 1.76 bits per heavy atom. The minimum absolute atomic E-state index is 0.0907. The quantitative estimate of drug-likeness (QED) is 0.269. The van der Waals surface area contributed by atoms with Crippen LogP contribution in [0, 0.1) is 17.0 Å². The number of likely N-dealkylation sites (tertiary alicyclic amines) is 1. The fraction of sp³-hybridized carbons (Fsp3) is 0.357. The predicted molar refractivity (Wildman–Crippen MR) is 144 cm³/mol. The van der Waals surface area contributed by atoms with Crippen LogP contribution in [0.3, 0.4) is 0 Å². The molecule has 2 amide bonds. The highest BCUT2D eigenvalue weighted by Crippen LogP contribution is 2.21. The van der Waals surface area contributed by atoms with Gasteiger partial charge in [0.1, 0.15) is 6.54 Å². The summed E-state index contributed by atoms with van der Waals surface area (Å²) in [4.78, 5) is 44.7. The van der Waals surface area contributed by atoms with Gasteiger partial charge in [0.2, 0.25) is 5.91 Å². The van der Waals surface area contributed by atoms with Crippen molar-refractivity contribution in [3.8, 4) is 0 Å². The maximum absolute atomic E-state index is 13.7. The van der Waals surface area contributed by atoms with Gasteiger partial charge in [0, 0.05) is 42.2 Å². The third kappa shape index (κ3) is 7.24. The van der Waals surface area contributed by atoms with Gasteiger partial charge in [0.15, 0.2) is 0 Å². The maximum Gasteiger partial charge on any atom is 0.270 e. The van der Waals surface area contributed by atoms with E-state index in [4.69, 9.17) is 0 Å². The van der Waals surface area contributed by atoms with Crippen LogP contribution < -0.4 is 0 Å². The molecule has 37 heavy (non-hydrogen) atoms. The van der Waals surface area contributed by atoms with Crippen molar-refractivity contribution in [2.24, 2.45) is 0 Å². The van der Waals surface area contributed by atoms with E-state index in [-0.39, 0.29) is 29.6 Å². The molecule has 1 aliphatic rings. The lowest BCUT2D eigenvalue weighted by Gasteiger charge is -2.29. The molecule has 1 saturated heterocycles. The van der Waals surface area contributed by atoms with E-state index in [0.29, 0.717) is 26.2 Å². The molecular formula is C28H32N4O4S. The summed E-state index contributed by atoms with van der Waals surface area (Å²) in [5.41, 5.74) is 2.22. The van der Waals surface area contributed by atoms with Crippen molar-refractivity contribution in [3.63, 3.8) is 0 Å². The smallest absolute Gasteiger partial charge is 0.270 e. The van der Waals surface area contributed by atoms with Gasteiger partial charge in [-0.25, -0.2) is 0 Å². The molecule has 0 radical (unpaired) electrons. The van der Waals surface area contributed by atoms with E-state index in [1.807, 2.05) is 48.7 Å². The molecule has 0 aliphatic carbocycles. The fourth-order valence-corrected chi connectivity index (χ4v) is 5.42. The number of aryl methyl sites for hydroxylation is 1. The predicted octanol–water partition coefficient (Wildman–Crippen LogP) is 4.73. The Morgan fingerprint density at radius 3 is 2.43 bits per heavy atom. The molecule has 0 saturated carbocycles. The van der Waals surface area contributed by atoms with E-state index in [1.54, 1.807) is 27.2 Å². The van der Waals surface area contributed by atoms with E-state index in [1.165, 1.54) is 18.2 Å². The van der Waals surface area contributed by atoms with Crippen molar-refractivity contribution in [2.45, 2.75) is 32.9 Å². The molecule has 3 aromatic rings. The summed E-state index contributed by atoms with van der Waals surface area (Å²) in [6, 6.07) is 17.6. The summed E-state index contributed by atoms with van der Waals surface area (Å²) >= 11 is 1.61. The summed E-state index contributed by atoms with van der Waals surface area (Å²) in [5, 5.41) is 13.3. The van der Waals surface area contributed by atoms with Gasteiger partial charge in [-0.15, -0.1) is 11.3 Å². The first-order valence-electron chi connectivity index (χ1n) is 12.5. The molecule has 4 rings (SSSR count). The number of carbonyl (C=O) groups is 2. The number of rotatable bonds is 11. The zero-order valence-corrected chi connectivity index (χ0v) is 21.9. The Hall–Kier alpha value is -3.56. The number of nitro benzene ring substituents is 1. The number of thiophene rings is 1. The number of benzene rings is 2. The molecule has 0 atom stereocenters. The highest BCUT2D eigenvalue weighted by atomic mass is 32.1. The first-order chi connectivity index (χ1) is 17.9. The van der Waals surface area contributed by atoms with Crippen LogP contribution in [0.25, 0.3) is 0 Å². The zero-order valence-electron chi connectivity index (χ0n) is 21.0. The number of nitrogens with zero attached hydrogens (tertiary/aromatic N) is 4. The first kappa shape index (κ1) is 26.5. The lowest BCUT2D eigenvalue weighted by atomic mass is 10.1. The number of nitro groups is 1. The molecule has 2 aromatic carbocycles. The number of carbonyl (C=O) groups excluding carboxylic acids is 2. The van der Waals surface area contributed by atoms with Crippen molar-refractivity contribution in [2.75, 3.05) is 32.7 Å². The lowest BCUT2D eigenvalue weighted by molar-refractivity contribution is -0.384. The summed E-state index contributed by atoms with van der Waals surface area (Å²) in [5.74, 6) is -0.528. The Kier molecular flexibility index (Phi) is 9.03. The van der Waals surface area contributed by atoms with Crippen LogP contribution in [0.5, 0.6) is 0 Å². The number of non-ortho nitro benzene ring substituents is 1. The second-order valence-electron chi connectivity index (χ2n) is 9.35. The Bertz CT molecular complexity index is 1220. The summed E-state index contributed by atoms with van der Waals surface area (Å²) in [7, 11) is 0. The molecule has 194 valence electrons. The minimum atomic E-state index is -0.512. The van der Waals surface area contributed by atoms with E-state index in [0.717, 1.165) is 41.9 Å². The van der Waals surface area contributed by atoms with Crippen molar-refractivity contribution in [1.82, 2.24) is 14.7 Å². The van der Waals surface area contributed by atoms with E-state index in [9.17, 15) is 19.7 Å². The second-order valence-corrected chi connectivity index (χ2v) is 10.3. The standard InChI is InChI=1S/C28H32N4O4S/c1-22-12-17-37-26(22)20-31(19-23-8-3-2-4-9-23)27(33)21-30(16-15-29-13-5-6-14-29)28(34)24-10-7-11-25(18-24)32(35)36/h2-4,7-12,17-18H,5-6,13-16,19-21H2,1H3. The third-order valence-electron chi connectivity index (χ3n) is 6.67. The monoisotopic (exact) mass is 520 g/mol. The molecule has 8 nitrogen and oxygen atoms in total. The van der Waals surface area contributed by atoms with Gasteiger partial charge in [0.05, 0.1) is 11.5 Å². The van der Waals surface area contributed by atoms with Crippen LogP contribution >= 0.6 is 11.3 Å². The van der Waals surface area contributed by atoms with Gasteiger partial charge in [-0.3, -0.25) is 19.7 Å². The van der Waals surface area contributed by atoms with Gasteiger partial charge in [0.25, 0.3) is 11.6 Å². The SMILES string of the molecule is Cc1ccsc1CN(Cc1ccccc1)C(=O)CN(CCN1CCCC1)C(=O)c1cccc([N+](=O)[O-])c1. The van der Waals surface area contributed by atoms with Crippen LogP contribution in [0.15, 0.2) is 66.0 Å². The zero-order chi connectivity index (χ0) is 26.2. The molecule has 0 bridgehead atoms. The molecule has 0 unspecified atom stereocenters. The Balaban J connectivity index is 1.56. The maximum atomic E-state index is 13.7. The molecule has 0 spiro atoms. The highest BCUT2D eigenvalue weighted by molar-refractivity contribution is 7.10. The molecule has 1 aromatic heterocycles. The average molecular weight is 521 g/mol. The van der Waals surface area contributed by atoms with Crippen LogP contribution in [-0.2, 0) is 17.9 Å². The molecule has 1 aliphatic heterocycles. The third-order valence-corrected chi connectivity index (χ3v) is 7.68. The van der Waals surface area contributed by atoms with Gasteiger partial charge >= 0.3 is 0 Å². The molecular weight excluding hydrogens is 488 g/mol. The van der Waals surface area contributed by atoms with Crippen LogP contribution in [-0.4, -0.2) is 64.2 Å². The van der Waals surface area contributed by atoms with Gasteiger partial charge in [-0.2, -0.15) is 0 Å². The Labute approximate surface area is 221 Å². The molecule has 1 fully saturated rings. The lowest BCUT2D eigenvalue weighted by Crippen LogP contribution is -2.45.